The van der Waals surface area contributed by atoms with Crippen LogP contribution in [0.25, 0.3) is 10.9 Å². The lowest BCUT2D eigenvalue weighted by Crippen LogP contribution is -2.41. The molecule has 1 heterocycles. The van der Waals surface area contributed by atoms with Gasteiger partial charge >= 0.3 is 0 Å². The zero-order valence-electron chi connectivity index (χ0n) is 12.4. The summed E-state index contributed by atoms with van der Waals surface area (Å²) in [6, 6.07) is 7.94. The summed E-state index contributed by atoms with van der Waals surface area (Å²) in [5.74, 6) is 0. The summed E-state index contributed by atoms with van der Waals surface area (Å²) in [5.41, 5.74) is 1.94. The highest BCUT2D eigenvalue weighted by Gasteiger charge is 2.14. The molecule has 4 nitrogen and oxygen atoms in total. The van der Waals surface area contributed by atoms with Gasteiger partial charge in [-0.1, -0.05) is 18.2 Å². The molecule has 0 bridgehead atoms. The van der Waals surface area contributed by atoms with Gasteiger partial charge in [0.25, 0.3) is 0 Å². The van der Waals surface area contributed by atoms with Crippen LogP contribution in [0.4, 0.5) is 0 Å². The third-order valence-electron chi connectivity index (χ3n) is 3.32. The molecule has 0 aliphatic rings. The third-order valence-corrected chi connectivity index (χ3v) is 3.32. The zero-order valence-corrected chi connectivity index (χ0v) is 12.4. The van der Waals surface area contributed by atoms with E-state index >= 15 is 0 Å². The number of hydrogen-bond donors (Lipinski definition) is 3. The lowest BCUT2D eigenvalue weighted by atomic mass is 10.1. The van der Waals surface area contributed by atoms with Crippen LogP contribution in [0.5, 0.6) is 0 Å². The second kappa shape index (κ2) is 5.95. The minimum Gasteiger partial charge on any atom is -0.392 e. The van der Waals surface area contributed by atoms with Crippen molar-refractivity contribution in [3.63, 3.8) is 0 Å². The number of para-hydroxylation sites is 1. The molecular formula is C16H24N2O2. The molecule has 2 rings (SSSR count). The number of nitrogens with zero attached hydrogens (tertiary/aromatic N) is 1. The third kappa shape index (κ3) is 3.60. The highest BCUT2D eigenvalue weighted by Crippen LogP contribution is 2.21. The van der Waals surface area contributed by atoms with Crippen molar-refractivity contribution in [1.82, 2.24) is 9.88 Å². The minimum atomic E-state index is -0.462. The van der Waals surface area contributed by atoms with Gasteiger partial charge in [0, 0.05) is 41.3 Å². The topological polar surface area (TPSA) is 57.4 Å². The number of fused-ring (bicyclic) bond motifs is 1. The molecule has 1 aromatic heterocycles. The first-order chi connectivity index (χ1) is 9.40. The molecule has 0 saturated heterocycles. The van der Waals surface area contributed by atoms with Gasteiger partial charge < -0.3 is 20.1 Å². The molecule has 0 saturated carbocycles. The molecule has 110 valence electrons. The Hall–Kier alpha value is -1.36. The lowest BCUT2D eigenvalue weighted by molar-refractivity contribution is 0.143. The molecule has 0 aliphatic heterocycles. The van der Waals surface area contributed by atoms with Gasteiger partial charge in [-0.15, -0.1) is 0 Å². The van der Waals surface area contributed by atoms with Crippen molar-refractivity contribution < 1.29 is 10.2 Å². The summed E-state index contributed by atoms with van der Waals surface area (Å²) in [5, 5.41) is 23.9. The van der Waals surface area contributed by atoms with Gasteiger partial charge in [0.15, 0.2) is 0 Å². The van der Waals surface area contributed by atoms with E-state index in [4.69, 9.17) is 0 Å². The van der Waals surface area contributed by atoms with Crippen LogP contribution in [0.3, 0.4) is 0 Å². The van der Waals surface area contributed by atoms with E-state index in [0.717, 1.165) is 16.5 Å². The van der Waals surface area contributed by atoms with E-state index in [1.165, 1.54) is 0 Å². The van der Waals surface area contributed by atoms with E-state index in [0.29, 0.717) is 13.1 Å². The highest BCUT2D eigenvalue weighted by molar-refractivity contribution is 5.83. The van der Waals surface area contributed by atoms with Crippen molar-refractivity contribution in [3.05, 3.63) is 36.0 Å². The molecule has 2 aromatic rings. The minimum absolute atomic E-state index is 0.00397. The van der Waals surface area contributed by atoms with E-state index in [9.17, 15) is 10.2 Å². The summed E-state index contributed by atoms with van der Waals surface area (Å²) in [6.45, 7) is 7.32. The Morgan fingerprint density at radius 2 is 1.95 bits per heavy atom. The zero-order chi connectivity index (χ0) is 14.8. The van der Waals surface area contributed by atoms with Crippen molar-refractivity contribution in [1.29, 1.82) is 0 Å². The largest absolute Gasteiger partial charge is 0.392 e. The van der Waals surface area contributed by atoms with Crippen molar-refractivity contribution in [3.8, 4) is 0 Å². The fourth-order valence-corrected chi connectivity index (χ4v) is 2.32. The van der Waals surface area contributed by atoms with Gasteiger partial charge in [0.05, 0.1) is 12.7 Å². The van der Waals surface area contributed by atoms with E-state index in [-0.39, 0.29) is 12.1 Å². The van der Waals surface area contributed by atoms with E-state index in [2.05, 4.69) is 26.1 Å². The Morgan fingerprint density at radius 3 is 2.60 bits per heavy atom. The predicted molar refractivity (Wildman–Crippen MR) is 81.6 cm³/mol. The molecule has 4 heteroatoms. The van der Waals surface area contributed by atoms with E-state index < -0.39 is 6.10 Å². The number of benzene rings is 1. The second-order valence-electron chi connectivity index (χ2n) is 6.27. The Morgan fingerprint density at radius 1 is 1.25 bits per heavy atom. The number of β-amino-alcohol motifs (C(OH)–C–C–N with tert-alkyl or cyclic N) is 1. The van der Waals surface area contributed by atoms with Gasteiger partial charge in [-0.05, 0) is 26.8 Å². The summed E-state index contributed by atoms with van der Waals surface area (Å²) in [7, 11) is 0. The maximum Gasteiger partial charge on any atom is 0.0843 e. The van der Waals surface area contributed by atoms with Gasteiger partial charge in [-0.25, -0.2) is 0 Å². The van der Waals surface area contributed by atoms with E-state index in [1.807, 2.05) is 35.0 Å². The van der Waals surface area contributed by atoms with E-state index in [1.54, 1.807) is 0 Å². The van der Waals surface area contributed by atoms with Crippen LogP contribution >= 0.6 is 0 Å². The fraction of sp³-hybridized carbons (Fsp3) is 0.500. The second-order valence-corrected chi connectivity index (χ2v) is 6.27. The Bertz CT molecular complexity index is 569. The molecule has 0 spiro atoms. The predicted octanol–water partition coefficient (Wildman–Crippen LogP) is 1.88. The van der Waals surface area contributed by atoms with Crippen molar-refractivity contribution in [2.45, 2.75) is 45.6 Å². The number of hydrogen-bond acceptors (Lipinski definition) is 3. The standard InChI is InChI=1S/C16H24N2O2/c1-16(2,3)17-8-13(20)10-18-9-12(11-19)14-6-4-5-7-15(14)18/h4-7,9,13,17,19-20H,8,10-11H2,1-3H3. The Balaban J connectivity index is 2.13. The van der Waals surface area contributed by atoms with Crippen LogP contribution in [0.2, 0.25) is 0 Å². The molecule has 3 N–H and O–H groups in total. The maximum absolute atomic E-state index is 10.2. The smallest absolute Gasteiger partial charge is 0.0843 e. The lowest BCUT2D eigenvalue weighted by Gasteiger charge is -2.23. The number of aliphatic hydroxyl groups excluding tert-OH is 2. The fourth-order valence-electron chi connectivity index (χ4n) is 2.32. The average molecular weight is 276 g/mol. The van der Waals surface area contributed by atoms with Gasteiger partial charge in [-0.3, -0.25) is 0 Å². The first-order valence-corrected chi connectivity index (χ1v) is 7.01. The molecule has 0 radical (unpaired) electrons. The molecule has 0 aliphatic carbocycles. The van der Waals surface area contributed by atoms with Crippen molar-refractivity contribution >= 4 is 10.9 Å². The van der Waals surface area contributed by atoms with Crippen LogP contribution in [-0.2, 0) is 13.2 Å². The molecule has 0 fully saturated rings. The summed E-state index contributed by atoms with van der Waals surface area (Å²) in [6.07, 6.45) is 1.46. The van der Waals surface area contributed by atoms with Crippen LogP contribution in [0, 0.1) is 0 Å². The number of nitrogens with one attached hydrogen (secondary N) is 1. The quantitative estimate of drug-likeness (QED) is 0.781. The SMILES string of the molecule is CC(C)(C)NCC(O)Cn1cc(CO)c2ccccc21. The normalized spacial score (nSPS) is 13.8. The molecule has 0 amide bonds. The van der Waals surface area contributed by atoms with Gasteiger partial charge in [-0.2, -0.15) is 0 Å². The number of rotatable bonds is 5. The van der Waals surface area contributed by atoms with Crippen LogP contribution in [0.1, 0.15) is 26.3 Å². The summed E-state index contributed by atoms with van der Waals surface area (Å²) >= 11 is 0. The number of aromatic nitrogens is 1. The molecule has 1 unspecified atom stereocenters. The molecule has 20 heavy (non-hydrogen) atoms. The summed E-state index contributed by atoms with van der Waals surface area (Å²) in [4.78, 5) is 0. The van der Waals surface area contributed by atoms with Crippen LogP contribution in [-0.4, -0.2) is 33.0 Å². The Labute approximate surface area is 120 Å². The van der Waals surface area contributed by atoms with Gasteiger partial charge in [0.2, 0.25) is 0 Å². The number of aliphatic hydroxyl groups is 2. The maximum atomic E-state index is 10.2. The molecular weight excluding hydrogens is 252 g/mol. The Kier molecular flexibility index (Phi) is 4.48. The first-order valence-electron chi connectivity index (χ1n) is 7.01. The van der Waals surface area contributed by atoms with Gasteiger partial charge in [0.1, 0.15) is 0 Å². The molecule has 1 aromatic carbocycles. The molecule has 1 atom stereocenters. The highest BCUT2D eigenvalue weighted by atomic mass is 16.3. The van der Waals surface area contributed by atoms with Crippen molar-refractivity contribution in [2.75, 3.05) is 6.54 Å². The van der Waals surface area contributed by atoms with Crippen LogP contribution < -0.4 is 5.32 Å². The first kappa shape index (κ1) is 15.0. The van der Waals surface area contributed by atoms with Crippen LogP contribution in [0.15, 0.2) is 30.5 Å². The monoisotopic (exact) mass is 276 g/mol. The summed E-state index contributed by atoms with van der Waals surface area (Å²) < 4.78 is 2.01. The average Bonchev–Trinajstić information content (AvgIpc) is 2.74. The van der Waals surface area contributed by atoms with Crippen molar-refractivity contribution in [2.24, 2.45) is 0 Å².